The van der Waals surface area contributed by atoms with Crippen molar-refractivity contribution in [1.82, 2.24) is 25.5 Å². The first-order valence-corrected chi connectivity index (χ1v) is 6.88. The van der Waals surface area contributed by atoms with Gasteiger partial charge >= 0.3 is 5.97 Å². The maximum Gasteiger partial charge on any atom is 0.327 e. The number of carbonyl (C=O) groups excluding carboxylic acids is 2. The van der Waals surface area contributed by atoms with Crippen LogP contribution in [0.1, 0.15) is 19.8 Å². The second-order valence-corrected chi connectivity index (χ2v) is 4.63. The number of amides is 1. The van der Waals surface area contributed by atoms with Crippen molar-refractivity contribution >= 4 is 23.6 Å². The molecule has 106 valence electrons. The molecule has 0 spiro atoms. The summed E-state index contributed by atoms with van der Waals surface area (Å²) in [5.74, 6) is -0.307. The monoisotopic (exact) mass is 287 g/mol. The molecule has 19 heavy (non-hydrogen) atoms. The Hall–Kier alpha value is -1.64. The number of aromatic nitrogens is 4. The van der Waals surface area contributed by atoms with Crippen LogP contribution in [-0.2, 0) is 20.9 Å². The van der Waals surface area contributed by atoms with Gasteiger partial charge in [0.15, 0.2) is 0 Å². The van der Waals surface area contributed by atoms with Crippen molar-refractivity contribution in [3.63, 3.8) is 0 Å². The smallest absolute Gasteiger partial charge is 0.327 e. The minimum atomic E-state index is -0.443. The summed E-state index contributed by atoms with van der Waals surface area (Å²) in [6.07, 6.45) is 1.99. The summed E-state index contributed by atoms with van der Waals surface area (Å²) < 4.78 is 5.83. The van der Waals surface area contributed by atoms with Crippen LogP contribution in [0.2, 0.25) is 0 Å². The van der Waals surface area contributed by atoms with Crippen LogP contribution >= 0.6 is 11.8 Å². The van der Waals surface area contributed by atoms with Gasteiger partial charge in [-0.15, -0.1) is 5.10 Å². The number of tetrazole rings is 1. The number of nitrogens with zero attached hydrogens (tertiary/aromatic N) is 4. The lowest BCUT2D eigenvalue weighted by atomic mass is 10.3. The van der Waals surface area contributed by atoms with Gasteiger partial charge in [-0.2, -0.15) is 0 Å². The fraction of sp³-hybridized carbons (Fsp3) is 0.700. The average Bonchev–Trinajstić information content (AvgIpc) is 2.84. The Labute approximate surface area is 115 Å². The van der Waals surface area contributed by atoms with E-state index < -0.39 is 5.97 Å². The van der Waals surface area contributed by atoms with Gasteiger partial charge in [0.05, 0.1) is 12.9 Å². The molecule has 1 amide bonds. The first-order valence-electron chi connectivity index (χ1n) is 5.89. The summed E-state index contributed by atoms with van der Waals surface area (Å²) in [5, 5.41) is 14.1. The lowest BCUT2D eigenvalue weighted by Gasteiger charge is -2.04. The van der Waals surface area contributed by atoms with Crippen LogP contribution in [0.25, 0.3) is 0 Å². The summed E-state index contributed by atoms with van der Waals surface area (Å²) in [4.78, 5) is 22.6. The zero-order chi connectivity index (χ0) is 14.1. The van der Waals surface area contributed by atoms with E-state index in [0.717, 1.165) is 12.8 Å². The number of methoxy groups -OCH3 is 1. The molecule has 0 radical (unpaired) electrons. The zero-order valence-electron chi connectivity index (χ0n) is 11.0. The number of ether oxygens (including phenoxy) is 1. The molecule has 0 fully saturated rings. The van der Waals surface area contributed by atoms with E-state index in [1.54, 1.807) is 0 Å². The molecule has 1 aromatic heterocycles. The molecule has 0 aliphatic heterocycles. The molecule has 0 saturated heterocycles. The largest absolute Gasteiger partial charge is 0.468 e. The van der Waals surface area contributed by atoms with E-state index >= 15 is 0 Å². The van der Waals surface area contributed by atoms with E-state index in [-0.39, 0.29) is 18.2 Å². The topological polar surface area (TPSA) is 99.0 Å². The summed E-state index contributed by atoms with van der Waals surface area (Å²) in [6, 6.07) is 0. The van der Waals surface area contributed by atoms with Crippen molar-refractivity contribution in [2.75, 3.05) is 19.4 Å². The number of hydrogen-bond donors (Lipinski definition) is 1. The number of nitrogens with one attached hydrogen (secondary N) is 1. The molecule has 0 unspecified atom stereocenters. The van der Waals surface area contributed by atoms with E-state index in [1.165, 1.54) is 23.6 Å². The Balaban J connectivity index is 2.38. The Morgan fingerprint density at radius 2 is 2.26 bits per heavy atom. The molecule has 0 bridgehead atoms. The second kappa shape index (κ2) is 8.46. The normalized spacial score (nSPS) is 10.2. The molecule has 1 aromatic rings. The van der Waals surface area contributed by atoms with Gasteiger partial charge in [0.2, 0.25) is 11.1 Å². The van der Waals surface area contributed by atoms with Crippen molar-refractivity contribution in [3.8, 4) is 0 Å². The highest BCUT2D eigenvalue weighted by Crippen LogP contribution is 2.12. The predicted molar refractivity (Wildman–Crippen MR) is 68.5 cm³/mol. The van der Waals surface area contributed by atoms with Gasteiger partial charge in [-0.05, 0) is 16.8 Å². The molecule has 0 aliphatic rings. The van der Waals surface area contributed by atoms with Gasteiger partial charge in [0.1, 0.15) is 6.54 Å². The molecule has 1 N–H and O–H groups in total. The van der Waals surface area contributed by atoms with Gasteiger partial charge in [-0.25, -0.2) is 4.68 Å². The Kier molecular flexibility index (Phi) is 6.86. The molecule has 0 aromatic carbocycles. The van der Waals surface area contributed by atoms with Crippen LogP contribution < -0.4 is 5.32 Å². The van der Waals surface area contributed by atoms with E-state index in [0.29, 0.717) is 11.7 Å². The number of thioether (sulfide) groups is 1. The molecule has 8 nitrogen and oxygen atoms in total. The molecular weight excluding hydrogens is 270 g/mol. The second-order valence-electron chi connectivity index (χ2n) is 3.69. The molecule has 9 heteroatoms. The summed E-state index contributed by atoms with van der Waals surface area (Å²) in [6.45, 7) is 2.66. The zero-order valence-corrected chi connectivity index (χ0v) is 11.8. The van der Waals surface area contributed by atoms with Crippen LogP contribution in [0.4, 0.5) is 0 Å². The minimum Gasteiger partial charge on any atom is -0.468 e. The van der Waals surface area contributed by atoms with Crippen molar-refractivity contribution < 1.29 is 14.3 Å². The van der Waals surface area contributed by atoms with E-state index in [9.17, 15) is 9.59 Å². The maximum absolute atomic E-state index is 11.5. The highest BCUT2D eigenvalue weighted by molar-refractivity contribution is 7.99. The van der Waals surface area contributed by atoms with Crippen LogP contribution in [0, 0.1) is 0 Å². The van der Waals surface area contributed by atoms with Gasteiger partial charge in [0, 0.05) is 6.54 Å². The average molecular weight is 287 g/mol. The van der Waals surface area contributed by atoms with Crippen molar-refractivity contribution in [2.24, 2.45) is 0 Å². The molecule has 0 atom stereocenters. The minimum absolute atomic E-state index is 0.0662. The number of unbranched alkanes of at least 4 members (excludes halogenated alkanes) is 1. The van der Waals surface area contributed by atoms with Crippen molar-refractivity contribution in [3.05, 3.63) is 0 Å². The predicted octanol–water partition coefficient (Wildman–Crippen LogP) is -0.145. The first-order chi connectivity index (χ1) is 9.17. The van der Waals surface area contributed by atoms with E-state index in [4.69, 9.17) is 0 Å². The van der Waals surface area contributed by atoms with E-state index in [2.05, 4.69) is 32.5 Å². The molecule has 0 aliphatic carbocycles. The Morgan fingerprint density at radius 3 is 2.95 bits per heavy atom. The third-order valence-electron chi connectivity index (χ3n) is 2.19. The van der Waals surface area contributed by atoms with Gasteiger partial charge in [-0.3, -0.25) is 9.59 Å². The molecule has 0 saturated carbocycles. The first kappa shape index (κ1) is 15.4. The lowest BCUT2D eigenvalue weighted by Crippen LogP contribution is -2.26. The fourth-order valence-electron chi connectivity index (χ4n) is 1.17. The Morgan fingerprint density at radius 1 is 1.47 bits per heavy atom. The fourth-order valence-corrected chi connectivity index (χ4v) is 1.88. The van der Waals surface area contributed by atoms with Gasteiger partial charge in [0.25, 0.3) is 0 Å². The summed E-state index contributed by atoms with van der Waals surface area (Å²) in [5.41, 5.74) is 0. The van der Waals surface area contributed by atoms with Crippen LogP contribution in [0.3, 0.4) is 0 Å². The Bertz CT molecular complexity index is 423. The van der Waals surface area contributed by atoms with Gasteiger partial charge < -0.3 is 10.1 Å². The summed E-state index contributed by atoms with van der Waals surface area (Å²) >= 11 is 1.18. The van der Waals surface area contributed by atoms with Crippen LogP contribution in [0.15, 0.2) is 5.16 Å². The third-order valence-corrected chi connectivity index (χ3v) is 3.15. The number of rotatable bonds is 8. The van der Waals surface area contributed by atoms with Crippen molar-refractivity contribution in [2.45, 2.75) is 31.5 Å². The highest BCUT2D eigenvalue weighted by Gasteiger charge is 2.12. The van der Waals surface area contributed by atoms with Crippen LogP contribution in [-0.4, -0.2) is 51.5 Å². The SMILES string of the molecule is CCCCNC(=O)CSc1nnnn1CC(=O)OC. The van der Waals surface area contributed by atoms with Crippen LogP contribution in [0.5, 0.6) is 0 Å². The quantitative estimate of drug-likeness (QED) is 0.403. The number of carbonyl (C=O) groups is 2. The van der Waals surface area contributed by atoms with Crippen molar-refractivity contribution in [1.29, 1.82) is 0 Å². The summed E-state index contributed by atoms with van der Waals surface area (Å²) in [7, 11) is 1.29. The molecule has 1 heterocycles. The maximum atomic E-state index is 11.5. The standard InChI is InChI=1S/C10H17N5O3S/c1-3-4-5-11-8(16)7-19-10-12-13-14-15(10)6-9(17)18-2/h3-7H2,1-2H3,(H,11,16). The highest BCUT2D eigenvalue weighted by atomic mass is 32.2. The molecular formula is C10H17N5O3S. The molecule has 1 rings (SSSR count). The number of esters is 1. The van der Waals surface area contributed by atoms with Gasteiger partial charge in [-0.1, -0.05) is 25.1 Å². The number of hydrogen-bond acceptors (Lipinski definition) is 7. The lowest BCUT2D eigenvalue weighted by molar-refractivity contribution is -0.141. The third kappa shape index (κ3) is 5.69. The van der Waals surface area contributed by atoms with E-state index in [1.807, 2.05) is 0 Å².